The van der Waals surface area contributed by atoms with Crippen LogP contribution in [0.5, 0.6) is 5.75 Å². The molecular formula is C19H25N3O2S. The second-order valence-corrected chi connectivity index (χ2v) is 7.16. The van der Waals surface area contributed by atoms with Gasteiger partial charge in [0.1, 0.15) is 5.75 Å². The summed E-state index contributed by atoms with van der Waals surface area (Å²) in [5.41, 5.74) is 1.18. The van der Waals surface area contributed by atoms with E-state index in [1.54, 1.807) is 18.4 Å². The minimum Gasteiger partial charge on any atom is -0.497 e. The molecule has 2 heterocycles. The van der Waals surface area contributed by atoms with Crippen LogP contribution in [-0.4, -0.2) is 50.6 Å². The van der Waals surface area contributed by atoms with Gasteiger partial charge in [-0.3, -0.25) is 4.79 Å². The molecule has 1 atom stereocenters. The Morgan fingerprint density at radius 1 is 1.20 bits per heavy atom. The van der Waals surface area contributed by atoms with Gasteiger partial charge in [0, 0.05) is 42.8 Å². The third-order valence-electron chi connectivity index (χ3n) is 4.60. The number of ether oxygens (including phenoxy) is 1. The Kier molecular flexibility index (Phi) is 5.94. The minimum absolute atomic E-state index is 0.179. The molecule has 0 unspecified atom stereocenters. The van der Waals surface area contributed by atoms with E-state index in [9.17, 15) is 4.79 Å². The van der Waals surface area contributed by atoms with Gasteiger partial charge in [-0.25, -0.2) is 0 Å². The fraction of sp³-hybridized carbons (Fsp3) is 0.421. The summed E-state index contributed by atoms with van der Waals surface area (Å²) >= 11 is 1.72. The number of rotatable bonds is 6. The third-order valence-corrected chi connectivity index (χ3v) is 5.65. The van der Waals surface area contributed by atoms with Crippen molar-refractivity contribution in [3.63, 3.8) is 0 Å². The number of piperazine rings is 1. The van der Waals surface area contributed by atoms with Crippen molar-refractivity contribution in [3.05, 3.63) is 46.7 Å². The number of nitrogens with zero attached hydrogens (tertiary/aromatic N) is 2. The number of hydrogen-bond acceptors (Lipinski definition) is 5. The summed E-state index contributed by atoms with van der Waals surface area (Å²) in [6.07, 6.45) is 0. The number of benzene rings is 1. The third kappa shape index (κ3) is 4.52. The molecule has 0 radical (unpaired) electrons. The molecule has 1 amide bonds. The highest BCUT2D eigenvalue weighted by Gasteiger charge is 2.21. The summed E-state index contributed by atoms with van der Waals surface area (Å²) in [4.78, 5) is 18.0. The lowest BCUT2D eigenvalue weighted by Crippen LogP contribution is -2.51. The van der Waals surface area contributed by atoms with Gasteiger partial charge in [0.05, 0.1) is 13.7 Å². The van der Waals surface area contributed by atoms with Crippen molar-refractivity contribution in [3.8, 4) is 5.75 Å². The van der Waals surface area contributed by atoms with Gasteiger partial charge in [0.2, 0.25) is 5.91 Å². The van der Waals surface area contributed by atoms with Crippen LogP contribution in [0.1, 0.15) is 17.8 Å². The lowest BCUT2D eigenvalue weighted by Gasteiger charge is -2.36. The van der Waals surface area contributed by atoms with Crippen LogP contribution in [0.25, 0.3) is 0 Å². The number of carbonyl (C=O) groups is 1. The molecule has 6 heteroatoms. The van der Waals surface area contributed by atoms with Gasteiger partial charge in [-0.2, -0.15) is 0 Å². The molecular weight excluding hydrogens is 334 g/mol. The van der Waals surface area contributed by atoms with Crippen LogP contribution in [0.3, 0.4) is 0 Å². The fourth-order valence-electron chi connectivity index (χ4n) is 3.00. The van der Waals surface area contributed by atoms with Crippen molar-refractivity contribution >= 4 is 22.9 Å². The Hall–Kier alpha value is -2.05. The zero-order valence-corrected chi connectivity index (χ0v) is 15.6. The maximum Gasteiger partial charge on any atom is 0.236 e. The molecule has 0 saturated carbocycles. The number of methoxy groups -OCH3 is 1. The van der Waals surface area contributed by atoms with Crippen LogP contribution in [0, 0.1) is 0 Å². The molecule has 1 N–H and O–H groups in total. The normalized spacial score (nSPS) is 15.9. The van der Waals surface area contributed by atoms with E-state index < -0.39 is 0 Å². The molecule has 1 aliphatic heterocycles. The molecule has 1 fully saturated rings. The first-order valence-electron chi connectivity index (χ1n) is 8.61. The zero-order valence-electron chi connectivity index (χ0n) is 14.8. The lowest BCUT2D eigenvalue weighted by atomic mass is 10.2. The summed E-state index contributed by atoms with van der Waals surface area (Å²) in [6.45, 7) is 5.74. The number of hydrogen-bond donors (Lipinski definition) is 1. The van der Waals surface area contributed by atoms with Crippen molar-refractivity contribution < 1.29 is 9.53 Å². The van der Waals surface area contributed by atoms with Gasteiger partial charge < -0.3 is 19.9 Å². The molecule has 2 aromatic rings. The second-order valence-electron chi connectivity index (χ2n) is 6.18. The summed E-state index contributed by atoms with van der Waals surface area (Å²) in [7, 11) is 1.67. The Morgan fingerprint density at radius 3 is 2.52 bits per heavy atom. The predicted molar refractivity (Wildman–Crippen MR) is 103 cm³/mol. The molecule has 5 nitrogen and oxygen atoms in total. The van der Waals surface area contributed by atoms with E-state index in [1.165, 1.54) is 10.6 Å². The molecule has 25 heavy (non-hydrogen) atoms. The van der Waals surface area contributed by atoms with Gasteiger partial charge in [-0.15, -0.1) is 11.3 Å². The maximum absolute atomic E-state index is 12.4. The smallest absolute Gasteiger partial charge is 0.236 e. The predicted octanol–water partition coefficient (Wildman–Crippen LogP) is 2.76. The maximum atomic E-state index is 12.4. The van der Waals surface area contributed by atoms with Gasteiger partial charge in [0.15, 0.2) is 0 Å². The molecule has 0 bridgehead atoms. The monoisotopic (exact) mass is 359 g/mol. The zero-order chi connectivity index (χ0) is 17.6. The van der Waals surface area contributed by atoms with Crippen LogP contribution in [0.4, 0.5) is 5.69 Å². The van der Waals surface area contributed by atoms with E-state index in [1.807, 2.05) is 23.1 Å². The van der Waals surface area contributed by atoms with Gasteiger partial charge in [-0.05, 0) is 42.6 Å². The van der Waals surface area contributed by atoms with Crippen LogP contribution in [0.2, 0.25) is 0 Å². The lowest BCUT2D eigenvalue weighted by molar-refractivity contribution is -0.130. The SMILES string of the molecule is COc1ccc(N2CCN(C(=O)CN[C@@H](C)c3cccs3)CC2)cc1. The van der Waals surface area contributed by atoms with E-state index >= 15 is 0 Å². The van der Waals surface area contributed by atoms with Crippen molar-refractivity contribution in [1.29, 1.82) is 0 Å². The van der Waals surface area contributed by atoms with Crippen LogP contribution in [0.15, 0.2) is 41.8 Å². The molecule has 1 aliphatic rings. The Labute approximate surface area is 153 Å². The van der Waals surface area contributed by atoms with Crippen molar-refractivity contribution in [2.75, 3.05) is 44.7 Å². The molecule has 3 rings (SSSR count). The number of amides is 1. The van der Waals surface area contributed by atoms with E-state index in [0.717, 1.165) is 31.9 Å². The quantitative estimate of drug-likeness (QED) is 0.861. The topological polar surface area (TPSA) is 44.8 Å². The summed E-state index contributed by atoms with van der Waals surface area (Å²) in [5.74, 6) is 1.04. The number of carbonyl (C=O) groups excluding carboxylic acids is 1. The van der Waals surface area contributed by atoms with E-state index in [2.05, 4.69) is 40.7 Å². The highest BCUT2D eigenvalue weighted by molar-refractivity contribution is 7.10. The molecule has 1 aromatic heterocycles. The minimum atomic E-state index is 0.179. The van der Waals surface area contributed by atoms with Crippen molar-refractivity contribution in [2.45, 2.75) is 13.0 Å². The van der Waals surface area contributed by atoms with E-state index in [4.69, 9.17) is 4.74 Å². The first kappa shape index (κ1) is 17.8. The van der Waals surface area contributed by atoms with Crippen molar-refractivity contribution in [2.24, 2.45) is 0 Å². The average Bonchev–Trinajstić information content (AvgIpc) is 3.21. The first-order chi connectivity index (χ1) is 12.2. The van der Waals surface area contributed by atoms with Crippen LogP contribution in [-0.2, 0) is 4.79 Å². The summed E-state index contributed by atoms with van der Waals surface area (Å²) in [6, 6.07) is 12.4. The van der Waals surface area contributed by atoms with Gasteiger partial charge >= 0.3 is 0 Å². The Morgan fingerprint density at radius 2 is 1.92 bits per heavy atom. The first-order valence-corrected chi connectivity index (χ1v) is 9.49. The molecule has 0 aliphatic carbocycles. The van der Waals surface area contributed by atoms with E-state index in [0.29, 0.717) is 6.54 Å². The number of nitrogens with one attached hydrogen (secondary N) is 1. The summed E-state index contributed by atoms with van der Waals surface area (Å²) < 4.78 is 5.20. The molecule has 1 saturated heterocycles. The molecule has 0 spiro atoms. The second kappa shape index (κ2) is 8.36. The Balaban J connectivity index is 1.45. The largest absolute Gasteiger partial charge is 0.497 e. The van der Waals surface area contributed by atoms with Crippen LogP contribution >= 0.6 is 11.3 Å². The Bertz CT molecular complexity index is 664. The molecule has 134 valence electrons. The summed E-state index contributed by atoms with van der Waals surface area (Å²) in [5, 5.41) is 5.39. The average molecular weight is 359 g/mol. The highest BCUT2D eigenvalue weighted by atomic mass is 32.1. The van der Waals surface area contributed by atoms with Gasteiger partial charge in [-0.1, -0.05) is 6.07 Å². The van der Waals surface area contributed by atoms with Gasteiger partial charge in [0.25, 0.3) is 0 Å². The molecule has 1 aromatic carbocycles. The number of thiophene rings is 1. The fourth-order valence-corrected chi connectivity index (χ4v) is 3.76. The van der Waals surface area contributed by atoms with Crippen molar-refractivity contribution in [1.82, 2.24) is 10.2 Å². The van der Waals surface area contributed by atoms with E-state index in [-0.39, 0.29) is 11.9 Å². The van der Waals surface area contributed by atoms with Crippen LogP contribution < -0.4 is 15.0 Å². The standard InChI is InChI=1S/C19H25N3O2S/c1-15(18-4-3-13-25-18)20-14-19(23)22-11-9-21(10-12-22)16-5-7-17(24-2)8-6-16/h3-8,13,15,20H,9-12,14H2,1-2H3/t15-/m0/s1. The highest BCUT2D eigenvalue weighted by Crippen LogP contribution is 2.21. The number of anilines is 1.